The predicted molar refractivity (Wildman–Crippen MR) is 122 cm³/mol. The van der Waals surface area contributed by atoms with Crippen molar-refractivity contribution in [2.75, 3.05) is 40.0 Å². The van der Waals surface area contributed by atoms with E-state index in [4.69, 9.17) is 18.7 Å². The van der Waals surface area contributed by atoms with Crippen LogP contribution in [-0.4, -0.2) is 79.2 Å². The number of methoxy groups -OCH3 is 1. The Morgan fingerprint density at radius 2 is 2.06 bits per heavy atom. The number of nitrogens with one attached hydrogen (secondary N) is 1. The van der Waals surface area contributed by atoms with Crippen molar-refractivity contribution in [1.82, 2.24) is 20.4 Å². The van der Waals surface area contributed by atoms with E-state index in [1.807, 2.05) is 6.07 Å². The maximum atomic E-state index is 12.4. The van der Waals surface area contributed by atoms with Crippen molar-refractivity contribution in [2.24, 2.45) is 0 Å². The van der Waals surface area contributed by atoms with Crippen LogP contribution >= 0.6 is 0 Å². The average molecular weight is 513 g/mol. The third kappa shape index (κ3) is 7.82. The molecule has 9 nitrogen and oxygen atoms in total. The second-order valence-electron chi connectivity index (χ2n) is 9.10. The molecule has 1 amide bonds. The van der Waals surface area contributed by atoms with Crippen LogP contribution in [0.2, 0.25) is 0 Å². The average Bonchev–Trinajstić information content (AvgIpc) is 3.20. The van der Waals surface area contributed by atoms with Crippen molar-refractivity contribution in [2.45, 2.75) is 56.8 Å². The fraction of sp³-hybridized carbons (Fsp3) is 0.625. The summed E-state index contributed by atoms with van der Waals surface area (Å²) in [7, 11) is 1.48. The van der Waals surface area contributed by atoms with Crippen molar-refractivity contribution in [3.8, 4) is 11.8 Å². The SMILES string of the molecule is COc1cc(CC(=O)N[C@H]2CC[C@H](CCN3CCc4ccc(OCC(F)(F)F)nc4CC3)OC2)on1. The summed E-state index contributed by atoms with van der Waals surface area (Å²) in [5.74, 6) is 0.646. The Morgan fingerprint density at radius 1 is 1.22 bits per heavy atom. The van der Waals surface area contributed by atoms with E-state index in [0.29, 0.717) is 24.7 Å². The highest BCUT2D eigenvalue weighted by atomic mass is 19.4. The third-order valence-electron chi connectivity index (χ3n) is 6.37. The van der Waals surface area contributed by atoms with Gasteiger partial charge in [-0.1, -0.05) is 6.07 Å². The quantitative estimate of drug-likeness (QED) is 0.548. The van der Waals surface area contributed by atoms with Gasteiger partial charge in [-0.3, -0.25) is 4.79 Å². The van der Waals surface area contributed by atoms with Gasteiger partial charge in [0.05, 0.1) is 32.3 Å². The summed E-state index contributed by atoms with van der Waals surface area (Å²) in [6.07, 6.45) is -0.135. The summed E-state index contributed by atoms with van der Waals surface area (Å²) in [6.45, 7) is 1.62. The van der Waals surface area contributed by atoms with E-state index in [9.17, 15) is 18.0 Å². The molecule has 1 fully saturated rings. The van der Waals surface area contributed by atoms with E-state index >= 15 is 0 Å². The molecule has 0 unspecified atom stereocenters. The van der Waals surface area contributed by atoms with Gasteiger partial charge in [-0.2, -0.15) is 13.2 Å². The fourth-order valence-corrected chi connectivity index (χ4v) is 4.45. The zero-order valence-corrected chi connectivity index (χ0v) is 20.2. The van der Waals surface area contributed by atoms with E-state index in [1.165, 1.54) is 13.2 Å². The van der Waals surface area contributed by atoms with Gasteiger partial charge >= 0.3 is 6.18 Å². The maximum Gasteiger partial charge on any atom is 0.422 e. The number of nitrogens with zero attached hydrogens (tertiary/aromatic N) is 3. The summed E-state index contributed by atoms with van der Waals surface area (Å²) >= 11 is 0. The van der Waals surface area contributed by atoms with Crippen LogP contribution in [0.5, 0.6) is 11.8 Å². The molecule has 4 heterocycles. The Labute approximate surface area is 207 Å². The van der Waals surface area contributed by atoms with Gasteiger partial charge in [0.15, 0.2) is 6.61 Å². The first kappa shape index (κ1) is 26.2. The van der Waals surface area contributed by atoms with E-state index in [1.54, 1.807) is 6.07 Å². The molecule has 2 aromatic heterocycles. The minimum Gasteiger partial charge on any atom is -0.479 e. The van der Waals surface area contributed by atoms with E-state index in [0.717, 1.165) is 56.6 Å². The molecular formula is C24H31F3N4O5. The van der Waals surface area contributed by atoms with Crippen molar-refractivity contribution < 1.29 is 36.7 Å². The first-order valence-electron chi connectivity index (χ1n) is 12.1. The minimum absolute atomic E-state index is 0.0114. The molecule has 2 aliphatic heterocycles. The predicted octanol–water partition coefficient (Wildman–Crippen LogP) is 2.72. The Kier molecular flexibility index (Phi) is 8.68. The Bertz CT molecular complexity index is 1010. The molecule has 198 valence electrons. The van der Waals surface area contributed by atoms with E-state index in [-0.39, 0.29) is 30.4 Å². The number of fused-ring (bicyclic) bond motifs is 1. The lowest BCUT2D eigenvalue weighted by molar-refractivity contribution is -0.154. The number of hydrogen-bond donors (Lipinski definition) is 1. The second-order valence-corrected chi connectivity index (χ2v) is 9.10. The zero-order valence-electron chi connectivity index (χ0n) is 20.2. The summed E-state index contributed by atoms with van der Waals surface area (Å²) in [5, 5.41) is 6.67. The second kappa shape index (κ2) is 11.9. The summed E-state index contributed by atoms with van der Waals surface area (Å²) in [6, 6.07) is 4.87. The number of alkyl halides is 3. The molecule has 2 atom stereocenters. The van der Waals surface area contributed by atoms with Crippen LogP contribution in [0.4, 0.5) is 13.2 Å². The van der Waals surface area contributed by atoms with Crippen LogP contribution in [-0.2, 0) is 28.8 Å². The van der Waals surface area contributed by atoms with Gasteiger partial charge in [-0.05, 0) is 36.4 Å². The highest BCUT2D eigenvalue weighted by Gasteiger charge is 2.29. The van der Waals surface area contributed by atoms with Crippen molar-refractivity contribution in [3.05, 3.63) is 35.2 Å². The van der Waals surface area contributed by atoms with Gasteiger partial charge in [-0.15, -0.1) is 0 Å². The lowest BCUT2D eigenvalue weighted by Crippen LogP contribution is -2.44. The van der Waals surface area contributed by atoms with E-state index < -0.39 is 12.8 Å². The number of carbonyl (C=O) groups excluding carboxylic acids is 1. The van der Waals surface area contributed by atoms with Crippen LogP contribution in [0.1, 0.15) is 36.3 Å². The van der Waals surface area contributed by atoms with Gasteiger partial charge in [0, 0.05) is 43.9 Å². The lowest BCUT2D eigenvalue weighted by atomic mass is 10.0. The molecule has 0 bridgehead atoms. The van der Waals surface area contributed by atoms with Crippen LogP contribution in [0, 0.1) is 0 Å². The number of pyridine rings is 1. The number of carbonyl (C=O) groups is 1. The molecule has 12 heteroatoms. The number of halogens is 3. The molecule has 0 aromatic carbocycles. The first-order chi connectivity index (χ1) is 17.3. The van der Waals surface area contributed by atoms with Crippen LogP contribution < -0.4 is 14.8 Å². The normalized spacial score (nSPS) is 20.9. The molecule has 0 spiro atoms. The molecule has 2 aromatic rings. The smallest absolute Gasteiger partial charge is 0.422 e. The molecule has 4 rings (SSSR count). The summed E-state index contributed by atoms with van der Waals surface area (Å²) in [4.78, 5) is 18.9. The Balaban J connectivity index is 1.15. The molecular weight excluding hydrogens is 481 g/mol. The number of hydrogen-bond acceptors (Lipinski definition) is 8. The summed E-state index contributed by atoms with van der Waals surface area (Å²) < 4.78 is 58.0. The monoisotopic (exact) mass is 512 g/mol. The van der Waals surface area contributed by atoms with Gasteiger partial charge in [0.1, 0.15) is 5.76 Å². The van der Waals surface area contributed by atoms with Gasteiger partial charge in [-0.25, -0.2) is 4.98 Å². The molecule has 2 aliphatic rings. The third-order valence-corrected chi connectivity index (χ3v) is 6.37. The molecule has 36 heavy (non-hydrogen) atoms. The molecule has 0 radical (unpaired) electrons. The lowest BCUT2D eigenvalue weighted by Gasteiger charge is -2.31. The number of ether oxygens (including phenoxy) is 3. The molecule has 1 saturated heterocycles. The largest absolute Gasteiger partial charge is 0.479 e. The van der Waals surface area contributed by atoms with Crippen molar-refractivity contribution in [3.63, 3.8) is 0 Å². The zero-order chi connectivity index (χ0) is 25.5. The van der Waals surface area contributed by atoms with Crippen molar-refractivity contribution >= 4 is 5.91 Å². The maximum absolute atomic E-state index is 12.4. The molecule has 1 N–H and O–H groups in total. The Morgan fingerprint density at radius 3 is 2.78 bits per heavy atom. The van der Waals surface area contributed by atoms with Crippen LogP contribution in [0.15, 0.2) is 22.7 Å². The summed E-state index contributed by atoms with van der Waals surface area (Å²) in [5.41, 5.74) is 1.85. The van der Waals surface area contributed by atoms with Crippen molar-refractivity contribution in [1.29, 1.82) is 0 Å². The number of aromatic nitrogens is 2. The molecule has 0 saturated carbocycles. The van der Waals surface area contributed by atoms with Crippen LogP contribution in [0.3, 0.4) is 0 Å². The van der Waals surface area contributed by atoms with Gasteiger partial charge in [0.2, 0.25) is 11.8 Å². The Hall–Kier alpha value is -2.86. The minimum atomic E-state index is -4.38. The number of amides is 1. The van der Waals surface area contributed by atoms with Gasteiger partial charge in [0.25, 0.3) is 5.88 Å². The van der Waals surface area contributed by atoms with Gasteiger partial charge < -0.3 is 29.0 Å². The van der Waals surface area contributed by atoms with Crippen LogP contribution in [0.25, 0.3) is 0 Å². The number of rotatable bonds is 9. The fourth-order valence-electron chi connectivity index (χ4n) is 4.45. The highest BCUT2D eigenvalue weighted by molar-refractivity contribution is 5.78. The van der Waals surface area contributed by atoms with E-state index in [2.05, 4.69) is 20.4 Å². The first-order valence-corrected chi connectivity index (χ1v) is 12.1. The highest BCUT2D eigenvalue weighted by Crippen LogP contribution is 2.22. The molecule has 0 aliphatic carbocycles. The standard InChI is InChI=1S/C24H31F3N4O5/c1-33-23-13-19(36-30-23)12-21(32)28-17-3-4-18(34-14-17)7-10-31-9-6-16-2-5-22(29-20(16)8-11-31)35-15-24(25,26)27/h2,5,13,17-18H,3-4,6-12,14-15H2,1H3,(H,28,32)/t17-,18+/m0/s1. The topological polar surface area (TPSA) is 99.0 Å².